The van der Waals surface area contributed by atoms with E-state index < -0.39 is 52.9 Å². The molecule has 0 amide bonds. The van der Waals surface area contributed by atoms with Crippen LogP contribution in [0.3, 0.4) is 0 Å². The van der Waals surface area contributed by atoms with Crippen LogP contribution in [0.5, 0.6) is 11.6 Å². The molecule has 1 radical (unpaired) electrons. The number of ether oxygens (including phenoxy) is 1. The van der Waals surface area contributed by atoms with Crippen molar-refractivity contribution in [3.8, 4) is 23.1 Å². The molecule has 0 saturated heterocycles. The van der Waals surface area contributed by atoms with Gasteiger partial charge in [0.15, 0.2) is 0 Å². The zero-order valence-corrected chi connectivity index (χ0v) is 23.3. The van der Waals surface area contributed by atoms with Gasteiger partial charge in [0.1, 0.15) is 11.3 Å². The van der Waals surface area contributed by atoms with Crippen molar-refractivity contribution in [1.82, 2.24) is 10.2 Å². The number of aromatic nitrogens is 2. The van der Waals surface area contributed by atoms with Gasteiger partial charge in [0, 0.05) is 31.1 Å². The minimum absolute atomic E-state index is 0. The van der Waals surface area contributed by atoms with E-state index in [0.29, 0.717) is 21.7 Å². The fourth-order valence-corrected chi connectivity index (χ4v) is 4.56. The molecule has 2 aromatic heterocycles. The van der Waals surface area contributed by atoms with Gasteiger partial charge in [0.2, 0.25) is 5.88 Å². The van der Waals surface area contributed by atoms with Crippen molar-refractivity contribution in [1.29, 1.82) is 0 Å². The second kappa shape index (κ2) is 10.5. The third-order valence-corrected chi connectivity index (χ3v) is 6.40. The Hall–Kier alpha value is -4.16. The van der Waals surface area contributed by atoms with Crippen LogP contribution in [0.25, 0.3) is 44.0 Å². The molecule has 43 heavy (non-hydrogen) atoms. The van der Waals surface area contributed by atoms with Gasteiger partial charge in [-0.3, -0.25) is 0 Å². The SMILES string of the molecule is FC(F)(F)c1cc(Oc2nnc(-c3[c-]c4ccccc4o3)c3cc4ccccc4cc23)c(C(F)(F)F)c(C(F)(F)F)c1.[Ir]. The van der Waals surface area contributed by atoms with Gasteiger partial charge in [-0.25, -0.2) is 0 Å². The maximum Gasteiger partial charge on any atom is 0.420 e. The van der Waals surface area contributed by atoms with Crippen molar-refractivity contribution in [2.45, 2.75) is 18.5 Å². The molecule has 0 unspecified atom stereocenters. The number of hydrogen-bond acceptors (Lipinski definition) is 4. The maximum absolute atomic E-state index is 14.0. The summed E-state index contributed by atoms with van der Waals surface area (Å²) in [7, 11) is 0. The fraction of sp³-hybridized carbons (Fsp3) is 0.103. The van der Waals surface area contributed by atoms with Gasteiger partial charge in [-0.1, -0.05) is 48.5 Å². The molecule has 0 spiro atoms. The van der Waals surface area contributed by atoms with E-state index in [1.807, 2.05) is 0 Å². The van der Waals surface area contributed by atoms with Gasteiger partial charge in [0.25, 0.3) is 0 Å². The molecule has 0 aliphatic rings. The van der Waals surface area contributed by atoms with E-state index >= 15 is 0 Å². The van der Waals surface area contributed by atoms with E-state index in [4.69, 9.17) is 9.15 Å². The van der Waals surface area contributed by atoms with E-state index in [1.165, 1.54) is 6.07 Å². The second-order valence-corrected chi connectivity index (χ2v) is 9.14. The van der Waals surface area contributed by atoms with Crippen LogP contribution in [0.2, 0.25) is 0 Å². The first kappa shape index (κ1) is 30.3. The minimum Gasteiger partial charge on any atom is -0.518 e. The summed E-state index contributed by atoms with van der Waals surface area (Å²) >= 11 is 0. The van der Waals surface area contributed by atoms with Crippen LogP contribution in [0.1, 0.15) is 16.7 Å². The van der Waals surface area contributed by atoms with E-state index in [0.717, 1.165) is 0 Å². The summed E-state index contributed by atoms with van der Waals surface area (Å²) in [5.74, 6) is -2.41. The maximum atomic E-state index is 14.0. The Bertz CT molecular complexity index is 1960. The Morgan fingerprint density at radius 3 is 1.91 bits per heavy atom. The molecule has 0 aliphatic carbocycles. The van der Waals surface area contributed by atoms with E-state index in [-0.39, 0.29) is 48.4 Å². The number of furan rings is 1. The Morgan fingerprint density at radius 1 is 0.674 bits per heavy atom. The molecular weight excluding hydrogens is 772 g/mol. The first-order chi connectivity index (χ1) is 19.7. The summed E-state index contributed by atoms with van der Waals surface area (Å²) in [6, 6.07) is 18.8. The van der Waals surface area contributed by atoms with E-state index in [2.05, 4.69) is 16.3 Å². The molecule has 0 bridgehead atoms. The minimum atomic E-state index is -5.80. The molecule has 0 N–H and O–H groups in total. The number of halogens is 9. The molecule has 6 rings (SSSR count). The summed E-state index contributed by atoms with van der Waals surface area (Å²) in [5, 5.41) is 9.63. The summed E-state index contributed by atoms with van der Waals surface area (Å²) in [6.07, 6.45) is -17.0. The standard InChI is InChI=1S/C29H12F9N2O2.Ir/c30-27(31,32)17-12-20(28(33,34)35)24(29(36,37)38)22(13-17)42-26-19-10-15-6-2-1-5-14(15)9-18(19)25(39-40-26)23-11-16-7-3-4-8-21(16)41-23;/h1-10,12-13H;/q-1;. The molecule has 0 fully saturated rings. The van der Waals surface area contributed by atoms with Gasteiger partial charge >= 0.3 is 18.5 Å². The average molecular weight is 784 g/mol. The summed E-state index contributed by atoms with van der Waals surface area (Å²) in [6.45, 7) is 0. The topological polar surface area (TPSA) is 48.2 Å². The largest absolute Gasteiger partial charge is 0.518 e. The van der Waals surface area contributed by atoms with Crippen LogP contribution >= 0.6 is 0 Å². The quantitative estimate of drug-likeness (QED) is 0.102. The number of nitrogens with zero attached hydrogens (tertiary/aromatic N) is 2. The average Bonchev–Trinajstić information content (AvgIpc) is 3.34. The van der Waals surface area contributed by atoms with Crippen molar-refractivity contribution in [3.63, 3.8) is 0 Å². The number of para-hydroxylation sites is 1. The molecular formula is C29H12F9IrN2O2-. The van der Waals surface area contributed by atoms with Crippen LogP contribution in [0.15, 0.2) is 77.2 Å². The molecule has 4 nitrogen and oxygen atoms in total. The van der Waals surface area contributed by atoms with Crippen LogP contribution < -0.4 is 4.74 Å². The van der Waals surface area contributed by atoms with E-state index in [9.17, 15) is 39.5 Å². The molecule has 2 heterocycles. The van der Waals surface area contributed by atoms with Crippen molar-refractivity contribution < 1.29 is 68.8 Å². The first-order valence-corrected chi connectivity index (χ1v) is 11.9. The molecule has 0 aliphatic heterocycles. The Kier molecular flexibility index (Phi) is 7.42. The van der Waals surface area contributed by atoms with E-state index in [1.54, 1.807) is 54.6 Å². The number of hydrogen-bond donors (Lipinski definition) is 0. The predicted molar refractivity (Wildman–Crippen MR) is 133 cm³/mol. The van der Waals surface area contributed by atoms with Crippen LogP contribution in [-0.2, 0) is 38.6 Å². The molecule has 0 atom stereocenters. The number of rotatable bonds is 3. The fourth-order valence-electron chi connectivity index (χ4n) is 4.56. The number of alkyl halides is 9. The second-order valence-electron chi connectivity index (χ2n) is 9.14. The number of benzene rings is 4. The Labute approximate surface area is 248 Å². The molecule has 0 saturated carbocycles. The van der Waals surface area contributed by atoms with Gasteiger partial charge in [0.05, 0.1) is 22.6 Å². The summed E-state index contributed by atoms with van der Waals surface area (Å²) < 4.78 is 134. The van der Waals surface area contributed by atoms with Crippen molar-refractivity contribution in [2.75, 3.05) is 0 Å². The van der Waals surface area contributed by atoms with Crippen molar-refractivity contribution >= 4 is 32.5 Å². The predicted octanol–water partition coefficient (Wildman–Crippen LogP) is 9.84. The smallest absolute Gasteiger partial charge is 0.420 e. The zero-order valence-electron chi connectivity index (χ0n) is 20.9. The Morgan fingerprint density at radius 2 is 1.30 bits per heavy atom. The normalized spacial score (nSPS) is 12.6. The first-order valence-electron chi connectivity index (χ1n) is 11.9. The van der Waals surface area contributed by atoms with Gasteiger partial charge in [-0.05, 0) is 34.4 Å². The van der Waals surface area contributed by atoms with Gasteiger partial charge in [-0.15, -0.1) is 22.6 Å². The van der Waals surface area contributed by atoms with Crippen LogP contribution in [0, 0.1) is 6.07 Å². The summed E-state index contributed by atoms with van der Waals surface area (Å²) in [5.41, 5.74) is -6.49. The van der Waals surface area contributed by atoms with Gasteiger partial charge < -0.3 is 9.15 Å². The van der Waals surface area contributed by atoms with Crippen LogP contribution in [-0.4, -0.2) is 10.2 Å². The van der Waals surface area contributed by atoms with Crippen LogP contribution in [0.4, 0.5) is 39.5 Å². The molecule has 4 aromatic carbocycles. The van der Waals surface area contributed by atoms with Gasteiger partial charge in [-0.2, -0.15) is 44.6 Å². The third kappa shape index (κ3) is 5.64. The Balaban J connectivity index is 0.00000368. The third-order valence-electron chi connectivity index (χ3n) is 6.40. The van der Waals surface area contributed by atoms with Crippen molar-refractivity contribution in [3.05, 3.63) is 95.6 Å². The zero-order chi connectivity index (χ0) is 30.0. The van der Waals surface area contributed by atoms with Crippen molar-refractivity contribution in [2.24, 2.45) is 0 Å². The summed E-state index contributed by atoms with van der Waals surface area (Å²) in [4.78, 5) is 0. The number of fused-ring (bicyclic) bond motifs is 3. The molecule has 223 valence electrons. The molecule has 6 aromatic rings. The molecule has 14 heteroatoms. The monoisotopic (exact) mass is 784 g/mol.